The fourth-order valence-electron chi connectivity index (χ4n) is 1.98. The lowest BCUT2D eigenvalue weighted by Gasteiger charge is -2.08. The van der Waals surface area contributed by atoms with Crippen molar-refractivity contribution in [3.8, 4) is 5.75 Å². The highest BCUT2D eigenvalue weighted by Crippen LogP contribution is 2.17. The summed E-state index contributed by atoms with van der Waals surface area (Å²) in [5.41, 5.74) is 0.804. The van der Waals surface area contributed by atoms with Crippen LogP contribution in [0.3, 0.4) is 0 Å². The van der Waals surface area contributed by atoms with E-state index in [1.165, 1.54) is 12.1 Å². The molecule has 0 saturated carbocycles. The first-order chi connectivity index (χ1) is 11.8. The van der Waals surface area contributed by atoms with Crippen molar-refractivity contribution in [3.05, 3.63) is 59.7 Å². The van der Waals surface area contributed by atoms with Gasteiger partial charge in [0.2, 0.25) is 10.0 Å². The summed E-state index contributed by atoms with van der Waals surface area (Å²) < 4.78 is 53.3. The number of nitrogens with one attached hydrogen (secondary N) is 1. The van der Waals surface area contributed by atoms with Crippen molar-refractivity contribution < 1.29 is 26.7 Å². The van der Waals surface area contributed by atoms with E-state index in [-0.39, 0.29) is 17.2 Å². The fraction of sp³-hybridized carbons (Fsp3) is 0.188. The summed E-state index contributed by atoms with van der Waals surface area (Å²) >= 11 is 0. The standard InChI is InChI=1S/C16H16F2N2O4S/c17-12-3-6-15(14(18)9-12)24-10-16(21)20-8-7-11-1-4-13(5-2-11)25(19,22)23/h1-6,9H,7-8,10H2,(H,20,21)(H2,19,22,23). The minimum Gasteiger partial charge on any atom is -0.481 e. The highest BCUT2D eigenvalue weighted by molar-refractivity contribution is 7.89. The molecular formula is C16H16F2N2O4S. The number of primary sulfonamides is 1. The van der Waals surface area contributed by atoms with E-state index in [4.69, 9.17) is 9.88 Å². The van der Waals surface area contributed by atoms with Crippen molar-refractivity contribution in [2.24, 2.45) is 5.14 Å². The lowest BCUT2D eigenvalue weighted by Crippen LogP contribution is -2.30. The SMILES string of the molecule is NS(=O)(=O)c1ccc(CCNC(=O)COc2ccc(F)cc2F)cc1. The average Bonchev–Trinajstić information content (AvgIpc) is 2.53. The summed E-state index contributed by atoms with van der Waals surface area (Å²) in [5, 5.41) is 7.57. The topological polar surface area (TPSA) is 98.5 Å². The Kier molecular flexibility index (Phi) is 6.05. The van der Waals surface area contributed by atoms with Crippen LogP contribution in [0.4, 0.5) is 8.78 Å². The Morgan fingerprint density at radius 2 is 1.80 bits per heavy atom. The number of sulfonamides is 1. The van der Waals surface area contributed by atoms with Gasteiger partial charge in [-0.25, -0.2) is 22.3 Å². The van der Waals surface area contributed by atoms with Gasteiger partial charge in [-0.3, -0.25) is 4.79 Å². The molecule has 0 aliphatic carbocycles. The molecule has 0 aliphatic heterocycles. The van der Waals surface area contributed by atoms with Crippen molar-refractivity contribution in [2.75, 3.05) is 13.2 Å². The van der Waals surface area contributed by atoms with Gasteiger partial charge in [-0.2, -0.15) is 0 Å². The van der Waals surface area contributed by atoms with E-state index in [0.29, 0.717) is 12.5 Å². The minimum absolute atomic E-state index is 0.00927. The fourth-order valence-corrected chi connectivity index (χ4v) is 2.49. The zero-order chi connectivity index (χ0) is 18.4. The van der Waals surface area contributed by atoms with Gasteiger partial charge < -0.3 is 10.1 Å². The molecule has 0 aromatic heterocycles. The molecule has 1 amide bonds. The maximum atomic E-state index is 13.3. The van der Waals surface area contributed by atoms with Crippen LogP contribution in [0.5, 0.6) is 5.75 Å². The quantitative estimate of drug-likeness (QED) is 0.769. The molecule has 0 aliphatic rings. The van der Waals surface area contributed by atoms with Gasteiger partial charge in [-0.1, -0.05) is 12.1 Å². The molecule has 134 valence electrons. The summed E-state index contributed by atoms with van der Waals surface area (Å²) in [6.07, 6.45) is 0.460. The number of hydrogen-bond acceptors (Lipinski definition) is 4. The molecule has 9 heteroatoms. The molecule has 0 saturated heterocycles. The molecule has 6 nitrogen and oxygen atoms in total. The van der Waals surface area contributed by atoms with Crippen molar-refractivity contribution in [1.29, 1.82) is 0 Å². The Balaban J connectivity index is 1.77. The molecule has 0 atom stereocenters. The number of nitrogens with two attached hydrogens (primary N) is 1. The van der Waals surface area contributed by atoms with Crippen molar-refractivity contribution in [2.45, 2.75) is 11.3 Å². The van der Waals surface area contributed by atoms with E-state index in [1.807, 2.05) is 0 Å². The van der Waals surface area contributed by atoms with Crippen molar-refractivity contribution in [3.63, 3.8) is 0 Å². The Morgan fingerprint density at radius 1 is 1.12 bits per heavy atom. The Bertz CT molecular complexity index is 855. The van der Waals surface area contributed by atoms with Crippen LogP contribution in [0.15, 0.2) is 47.4 Å². The lowest BCUT2D eigenvalue weighted by atomic mass is 10.1. The third kappa shape index (κ3) is 5.80. The normalized spacial score (nSPS) is 11.2. The van der Waals surface area contributed by atoms with Crippen molar-refractivity contribution >= 4 is 15.9 Å². The van der Waals surface area contributed by atoms with Gasteiger partial charge in [-0.05, 0) is 36.2 Å². The number of amides is 1. The third-order valence-corrected chi connectivity index (χ3v) is 4.17. The predicted octanol–water partition coefficient (Wildman–Crippen LogP) is 1.35. The Hall–Kier alpha value is -2.52. The number of benzene rings is 2. The monoisotopic (exact) mass is 370 g/mol. The maximum Gasteiger partial charge on any atom is 0.257 e. The molecule has 0 radical (unpaired) electrons. The van der Waals surface area contributed by atoms with Crippen LogP contribution in [0.25, 0.3) is 0 Å². The summed E-state index contributed by atoms with van der Waals surface area (Å²) in [6, 6.07) is 8.75. The number of ether oxygens (including phenoxy) is 1. The minimum atomic E-state index is -3.73. The van der Waals surface area contributed by atoms with Crippen LogP contribution < -0.4 is 15.2 Å². The van der Waals surface area contributed by atoms with Gasteiger partial charge in [0.15, 0.2) is 18.2 Å². The van der Waals surface area contributed by atoms with Gasteiger partial charge in [0.25, 0.3) is 5.91 Å². The summed E-state index contributed by atoms with van der Waals surface area (Å²) in [5.74, 6) is -2.30. The molecule has 25 heavy (non-hydrogen) atoms. The summed E-state index contributed by atoms with van der Waals surface area (Å²) in [7, 11) is -3.73. The number of rotatable bonds is 7. The van der Waals surface area contributed by atoms with E-state index >= 15 is 0 Å². The zero-order valence-electron chi connectivity index (χ0n) is 13.0. The van der Waals surface area contributed by atoms with Gasteiger partial charge in [0, 0.05) is 12.6 Å². The summed E-state index contributed by atoms with van der Waals surface area (Å²) in [6.45, 7) is -0.129. The second-order valence-electron chi connectivity index (χ2n) is 5.15. The molecule has 0 unspecified atom stereocenters. The third-order valence-electron chi connectivity index (χ3n) is 3.24. The maximum absolute atomic E-state index is 13.3. The first-order valence-electron chi connectivity index (χ1n) is 7.22. The van der Waals surface area contributed by atoms with Gasteiger partial charge in [0.05, 0.1) is 4.90 Å². The highest BCUT2D eigenvalue weighted by atomic mass is 32.2. The largest absolute Gasteiger partial charge is 0.481 e. The molecule has 0 fully saturated rings. The molecule has 0 bridgehead atoms. The molecule has 2 aromatic rings. The van der Waals surface area contributed by atoms with Gasteiger partial charge in [0.1, 0.15) is 5.82 Å². The predicted molar refractivity (Wildman–Crippen MR) is 86.4 cm³/mol. The van der Waals surface area contributed by atoms with E-state index < -0.39 is 34.2 Å². The number of carbonyl (C=O) groups excluding carboxylic acids is 1. The Morgan fingerprint density at radius 3 is 2.40 bits per heavy atom. The molecule has 2 aromatic carbocycles. The zero-order valence-corrected chi connectivity index (χ0v) is 13.9. The van der Waals surface area contributed by atoms with E-state index in [2.05, 4.69) is 5.32 Å². The second kappa shape index (κ2) is 8.04. The highest BCUT2D eigenvalue weighted by Gasteiger charge is 2.09. The van der Waals surface area contributed by atoms with Crippen LogP contribution in [0, 0.1) is 11.6 Å². The number of hydrogen-bond donors (Lipinski definition) is 2. The van der Waals surface area contributed by atoms with Crippen LogP contribution in [0.1, 0.15) is 5.56 Å². The van der Waals surface area contributed by atoms with E-state index in [1.54, 1.807) is 12.1 Å². The average molecular weight is 370 g/mol. The number of carbonyl (C=O) groups is 1. The van der Waals surface area contributed by atoms with Crippen LogP contribution in [-0.2, 0) is 21.2 Å². The molecule has 2 rings (SSSR count). The van der Waals surface area contributed by atoms with Crippen molar-refractivity contribution in [1.82, 2.24) is 5.32 Å². The van der Waals surface area contributed by atoms with Crippen LogP contribution >= 0.6 is 0 Å². The molecule has 0 spiro atoms. The molecular weight excluding hydrogens is 354 g/mol. The van der Waals surface area contributed by atoms with Crippen LogP contribution in [0.2, 0.25) is 0 Å². The van der Waals surface area contributed by atoms with Gasteiger partial charge in [-0.15, -0.1) is 0 Å². The molecule has 0 heterocycles. The smallest absolute Gasteiger partial charge is 0.257 e. The van der Waals surface area contributed by atoms with Gasteiger partial charge >= 0.3 is 0 Å². The number of halogens is 2. The second-order valence-corrected chi connectivity index (χ2v) is 6.71. The van der Waals surface area contributed by atoms with E-state index in [0.717, 1.165) is 17.7 Å². The van der Waals surface area contributed by atoms with Crippen LogP contribution in [-0.4, -0.2) is 27.5 Å². The molecule has 3 N–H and O–H groups in total. The first kappa shape index (κ1) is 18.8. The van der Waals surface area contributed by atoms with E-state index in [9.17, 15) is 22.0 Å². The summed E-state index contributed by atoms with van der Waals surface area (Å²) in [4.78, 5) is 11.7. The first-order valence-corrected chi connectivity index (χ1v) is 8.76. The lowest BCUT2D eigenvalue weighted by molar-refractivity contribution is -0.123. The Labute approximate surface area is 143 Å².